The summed E-state index contributed by atoms with van der Waals surface area (Å²) in [7, 11) is 0. The molecule has 2 N–H and O–H groups in total. The number of ketones is 1. The predicted molar refractivity (Wildman–Crippen MR) is 68.5 cm³/mol. The Kier molecular flexibility index (Phi) is 2.28. The largest absolute Gasteiger partial charge is 0.504 e. The van der Waals surface area contributed by atoms with Gasteiger partial charge in [0.15, 0.2) is 5.76 Å². The molecule has 5 atom stereocenters. The average Bonchev–Trinajstić information content (AvgIpc) is 2.86. The van der Waals surface area contributed by atoms with Crippen LogP contribution < -0.4 is 0 Å². The Morgan fingerprint density at radius 3 is 2.53 bits per heavy atom. The van der Waals surface area contributed by atoms with Crippen molar-refractivity contribution in [2.24, 2.45) is 28.6 Å². The maximum Gasteiger partial charge on any atom is 0.309 e. The van der Waals surface area contributed by atoms with Crippen LogP contribution in [0.25, 0.3) is 0 Å². The Morgan fingerprint density at radius 1 is 1.32 bits per heavy atom. The minimum atomic E-state index is -0.739. The molecule has 0 heterocycles. The van der Waals surface area contributed by atoms with E-state index in [-0.39, 0.29) is 28.8 Å². The van der Waals surface area contributed by atoms with Crippen molar-refractivity contribution in [1.82, 2.24) is 0 Å². The molecule has 104 valence electrons. The zero-order valence-corrected chi connectivity index (χ0v) is 11.6. The second-order valence-electron chi connectivity index (χ2n) is 7.05. The van der Waals surface area contributed by atoms with Gasteiger partial charge in [-0.1, -0.05) is 6.92 Å². The van der Waals surface area contributed by atoms with Gasteiger partial charge in [0.25, 0.3) is 0 Å². The summed E-state index contributed by atoms with van der Waals surface area (Å²) in [4.78, 5) is 23.5. The summed E-state index contributed by atoms with van der Waals surface area (Å²) < 4.78 is 0. The van der Waals surface area contributed by atoms with E-state index in [0.29, 0.717) is 18.8 Å². The third-order valence-corrected chi connectivity index (χ3v) is 6.21. The molecular formula is C15H20O4. The van der Waals surface area contributed by atoms with Crippen LogP contribution in [0.15, 0.2) is 11.3 Å². The number of aliphatic hydroxyl groups is 1. The first-order valence-corrected chi connectivity index (χ1v) is 6.89. The van der Waals surface area contributed by atoms with E-state index in [9.17, 15) is 19.8 Å². The summed E-state index contributed by atoms with van der Waals surface area (Å²) in [5.74, 6) is -0.588. The van der Waals surface area contributed by atoms with Gasteiger partial charge in [-0.25, -0.2) is 0 Å². The van der Waals surface area contributed by atoms with Gasteiger partial charge in [-0.15, -0.1) is 0 Å². The number of carbonyl (C=O) groups excluding carboxylic acids is 1. The SMILES string of the molecule is CC1=C(O)C(=O)[C@@H]2C[C@H]3C[C@](C)(C(=O)O)C[C@H]3[C@]12C. The quantitative estimate of drug-likeness (QED) is 0.763. The van der Waals surface area contributed by atoms with Crippen LogP contribution in [0.2, 0.25) is 0 Å². The molecule has 0 aromatic rings. The molecule has 3 rings (SSSR count). The summed E-state index contributed by atoms with van der Waals surface area (Å²) in [5.41, 5.74) is -0.242. The number of carboxylic acids is 1. The molecule has 0 bridgehead atoms. The Balaban J connectivity index is 2.01. The van der Waals surface area contributed by atoms with Gasteiger partial charge in [-0.05, 0) is 50.5 Å². The van der Waals surface area contributed by atoms with Gasteiger partial charge in [-0.3, -0.25) is 9.59 Å². The van der Waals surface area contributed by atoms with Gasteiger partial charge in [0.2, 0.25) is 5.78 Å². The number of hydrogen-bond acceptors (Lipinski definition) is 3. The Bertz CT molecular complexity index is 520. The molecule has 0 radical (unpaired) electrons. The molecule has 0 spiro atoms. The first-order valence-electron chi connectivity index (χ1n) is 6.89. The van der Waals surface area contributed by atoms with Crippen LogP contribution in [0.4, 0.5) is 0 Å². The van der Waals surface area contributed by atoms with E-state index in [1.54, 1.807) is 0 Å². The zero-order valence-electron chi connectivity index (χ0n) is 11.6. The van der Waals surface area contributed by atoms with Gasteiger partial charge >= 0.3 is 5.97 Å². The average molecular weight is 264 g/mol. The van der Waals surface area contributed by atoms with Crippen molar-refractivity contribution in [1.29, 1.82) is 0 Å². The number of carboxylic acid groups (broad SMARTS) is 1. The number of allylic oxidation sites excluding steroid dienone is 2. The number of aliphatic carboxylic acids is 1. The highest BCUT2D eigenvalue weighted by Crippen LogP contribution is 2.67. The lowest BCUT2D eigenvalue weighted by Crippen LogP contribution is -2.32. The van der Waals surface area contributed by atoms with E-state index in [4.69, 9.17) is 0 Å². The normalized spacial score (nSPS) is 48.6. The molecule has 2 fully saturated rings. The van der Waals surface area contributed by atoms with E-state index < -0.39 is 11.4 Å². The van der Waals surface area contributed by atoms with Gasteiger partial charge in [0.05, 0.1) is 5.41 Å². The fraction of sp³-hybridized carbons (Fsp3) is 0.733. The van der Waals surface area contributed by atoms with Crippen LogP contribution in [0.3, 0.4) is 0 Å². The minimum Gasteiger partial charge on any atom is -0.504 e. The first kappa shape index (κ1) is 12.7. The second kappa shape index (κ2) is 3.41. The molecule has 0 aliphatic heterocycles. The van der Waals surface area contributed by atoms with Crippen LogP contribution in [0.1, 0.15) is 40.0 Å². The van der Waals surface area contributed by atoms with E-state index >= 15 is 0 Å². The molecule has 2 saturated carbocycles. The van der Waals surface area contributed by atoms with Crippen LogP contribution in [0, 0.1) is 28.6 Å². The number of Topliss-reactive ketones (excluding diaryl/α,β-unsaturated/α-hetero) is 1. The summed E-state index contributed by atoms with van der Waals surface area (Å²) in [6.45, 7) is 5.67. The second-order valence-corrected chi connectivity index (χ2v) is 7.05. The minimum absolute atomic E-state index is 0.0742. The van der Waals surface area contributed by atoms with Crippen molar-refractivity contribution in [3.05, 3.63) is 11.3 Å². The molecule has 0 saturated heterocycles. The summed E-state index contributed by atoms with van der Waals surface area (Å²) >= 11 is 0. The Hall–Kier alpha value is -1.32. The third kappa shape index (κ3) is 1.30. The van der Waals surface area contributed by atoms with E-state index in [1.165, 1.54) is 0 Å². The maximum absolute atomic E-state index is 12.1. The highest BCUT2D eigenvalue weighted by atomic mass is 16.4. The van der Waals surface area contributed by atoms with Gasteiger partial charge < -0.3 is 10.2 Å². The topological polar surface area (TPSA) is 74.6 Å². The predicted octanol–water partition coefficient (Wildman–Crippen LogP) is 2.54. The lowest BCUT2D eigenvalue weighted by atomic mass is 9.69. The molecular weight excluding hydrogens is 244 g/mol. The van der Waals surface area contributed by atoms with Gasteiger partial charge in [0.1, 0.15) is 0 Å². The molecule has 0 unspecified atom stereocenters. The number of carbonyl (C=O) groups is 2. The number of rotatable bonds is 1. The van der Waals surface area contributed by atoms with E-state index in [2.05, 4.69) is 0 Å². The number of hydrogen-bond donors (Lipinski definition) is 2. The molecule has 3 aliphatic carbocycles. The zero-order chi connectivity index (χ0) is 14.2. The Morgan fingerprint density at radius 2 is 1.95 bits per heavy atom. The maximum atomic E-state index is 12.1. The van der Waals surface area contributed by atoms with Crippen LogP contribution in [-0.4, -0.2) is 22.0 Å². The lowest BCUT2D eigenvalue weighted by molar-refractivity contribution is -0.148. The molecule has 4 nitrogen and oxygen atoms in total. The number of fused-ring (bicyclic) bond motifs is 3. The van der Waals surface area contributed by atoms with Crippen molar-refractivity contribution in [3.8, 4) is 0 Å². The first-order chi connectivity index (χ1) is 8.71. The van der Waals surface area contributed by atoms with Crippen LogP contribution in [0.5, 0.6) is 0 Å². The number of aliphatic hydroxyl groups excluding tert-OH is 1. The fourth-order valence-corrected chi connectivity index (χ4v) is 4.91. The Labute approximate surface area is 112 Å². The van der Waals surface area contributed by atoms with E-state index in [0.717, 1.165) is 12.0 Å². The highest BCUT2D eigenvalue weighted by molar-refractivity contribution is 6.00. The van der Waals surface area contributed by atoms with E-state index in [1.807, 2.05) is 20.8 Å². The third-order valence-electron chi connectivity index (χ3n) is 6.21. The summed E-state index contributed by atoms with van der Waals surface area (Å²) in [6, 6.07) is 0. The molecule has 3 aliphatic rings. The highest BCUT2D eigenvalue weighted by Gasteiger charge is 2.65. The molecule has 19 heavy (non-hydrogen) atoms. The van der Waals surface area contributed by atoms with Crippen molar-refractivity contribution in [2.45, 2.75) is 40.0 Å². The van der Waals surface area contributed by atoms with Gasteiger partial charge in [0, 0.05) is 11.3 Å². The van der Waals surface area contributed by atoms with Crippen LogP contribution in [-0.2, 0) is 9.59 Å². The van der Waals surface area contributed by atoms with Crippen molar-refractivity contribution < 1.29 is 19.8 Å². The molecule has 0 amide bonds. The lowest BCUT2D eigenvalue weighted by Gasteiger charge is -2.33. The molecule has 0 aromatic carbocycles. The molecule has 4 heteroatoms. The summed E-state index contributed by atoms with van der Waals surface area (Å²) in [6.07, 6.45) is 1.99. The monoisotopic (exact) mass is 264 g/mol. The molecule has 0 aromatic heterocycles. The van der Waals surface area contributed by atoms with Crippen molar-refractivity contribution in [2.75, 3.05) is 0 Å². The van der Waals surface area contributed by atoms with Crippen molar-refractivity contribution >= 4 is 11.8 Å². The van der Waals surface area contributed by atoms with Gasteiger partial charge in [-0.2, -0.15) is 0 Å². The smallest absolute Gasteiger partial charge is 0.309 e. The van der Waals surface area contributed by atoms with Crippen LogP contribution >= 0.6 is 0 Å². The summed E-state index contributed by atoms with van der Waals surface area (Å²) in [5, 5.41) is 19.3. The standard InChI is InChI=1S/C15H20O4/c1-7-11(16)12(17)9-4-8-5-14(2,13(18)19)6-10(8)15(7,9)3/h8-10,16H,4-6H2,1-3H3,(H,18,19)/t8-,9-,10+,14-,15+/m0/s1. The fourth-order valence-electron chi connectivity index (χ4n) is 4.91. The van der Waals surface area contributed by atoms with Crippen molar-refractivity contribution in [3.63, 3.8) is 0 Å².